The maximum atomic E-state index is 13.2. The summed E-state index contributed by atoms with van der Waals surface area (Å²) in [5.74, 6) is -0.0830. The highest BCUT2D eigenvalue weighted by Gasteiger charge is 2.23. The molecule has 10 heteroatoms. The molecule has 33 heavy (non-hydrogen) atoms. The summed E-state index contributed by atoms with van der Waals surface area (Å²) < 4.78 is 12.9. The average Bonchev–Trinajstić information content (AvgIpc) is 3.12. The molecule has 1 unspecified atom stereocenters. The number of para-hydroxylation sites is 1. The standard InChI is InChI=1S/C23H17ClN2O6S/c24-14-8-7-12(32-18-6-3-9-31-17-5-2-1-4-13(17)18)10-16(14)26-21(27)19-15(25-23(26)30)11-33-20(19)22(28)29/h1-2,4-5,7-8,10-11,18H,3,6,9H2,(H,25,30)(H,28,29). The lowest BCUT2D eigenvalue weighted by Crippen LogP contribution is -2.34. The Morgan fingerprint density at radius 2 is 2.06 bits per heavy atom. The third-order valence-corrected chi connectivity index (χ3v) is 6.71. The van der Waals surface area contributed by atoms with Crippen LogP contribution in [0.25, 0.3) is 16.6 Å². The van der Waals surface area contributed by atoms with Crippen molar-refractivity contribution in [2.75, 3.05) is 6.61 Å². The maximum Gasteiger partial charge on any atom is 0.346 e. The molecular weight excluding hydrogens is 468 g/mol. The van der Waals surface area contributed by atoms with E-state index < -0.39 is 17.2 Å². The van der Waals surface area contributed by atoms with Gasteiger partial charge in [-0.25, -0.2) is 14.2 Å². The summed E-state index contributed by atoms with van der Waals surface area (Å²) in [4.78, 5) is 39.9. The molecule has 1 aliphatic heterocycles. The molecular formula is C23H17ClN2O6S. The molecule has 1 aliphatic rings. The molecule has 0 amide bonds. The molecule has 0 bridgehead atoms. The van der Waals surface area contributed by atoms with Gasteiger partial charge in [0.2, 0.25) is 0 Å². The number of nitrogens with one attached hydrogen (secondary N) is 1. The first-order valence-electron chi connectivity index (χ1n) is 10.1. The van der Waals surface area contributed by atoms with Gasteiger partial charge in [0, 0.05) is 17.0 Å². The van der Waals surface area contributed by atoms with Gasteiger partial charge in [-0.3, -0.25) is 4.79 Å². The van der Waals surface area contributed by atoms with Crippen LogP contribution in [0.4, 0.5) is 0 Å². The molecule has 0 radical (unpaired) electrons. The lowest BCUT2D eigenvalue weighted by Gasteiger charge is -2.19. The smallest absolute Gasteiger partial charge is 0.346 e. The number of aromatic carboxylic acids is 1. The van der Waals surface area contributed by atoms with Gasteiger partial charge in [0.1, 0.15) is 22.5 Å². The van der Waals surface area contributed by atoms with Crippen molar-refractivity contribution in [3.05, 3.63) is 84.1 Å². The summed E-state index contributed by atoms with van der Waals surface area (Å²) in [5, 5.41) is 10.9. The summed E-state index contributed by atoms with van der Waals surface area (Å²) in [6.45, 7) is 0.583. The Balaban J connectivity index is 1.60. The number of carboxylic acid groups (broad SMARTS) is 1. The van der Waals surface area contributed by atoms with Crippen LogP contribution in [-0.4, -0.2) is 27.2 Å². The van der Waals surface area contributed by atoms with E-state index in [1.165, 1.54) is 17.5 Å². The summed E-state index contributed by atoms with van der Waals surface area (Å²) in [7, 11) is 0. The van der Waals surface area contributed by atoms with Crippen molar-refractivity contribution >= 4 is 39.8 Å². The lowest BCUT2D eigenvalue weighted by molar-refractivity contribution is 0.0704. The van der Waals surface area contributed by atoms with Gasteiger partial charge in [-0.2, -0.15) is 0 Å². The molecule has 0 aliphatic carbocycles. The number of nitrogens with zero attached hydrogens (tertiary/aromatic N) is 1. The van der Waals surface area contributed by atoms with Gasteiger partial charge in [0.05, 0.1) is 28.2 Å². The number of benzene rings is 2. The molecule has 1 atom stereocenters. The van der Waals surface area contributed by atoms with Crippen molar-refractivity contribution in [3.63, 3.8) is 0 Å². The zero-order valence-electron chi connectivity index (χ0n) is 17.0. The Morgan fingerprint density at radius 1 is 1.24 bits per heavy atom. The second-order valence-electron chi connectivity index (χ2n) is 7.48. The van der Waals surface area contributed by atoms with Crippen molar-refractivity contribution in [3.8, 4) is 17.2 Å². The second kappa shape index (κ2) is 8.42. The molecule has 3 heterocycles. The maximum absolute atomic E-state index is 13.2. The number of H-pyrrole nitrogens is 1. The number of aromatic amines is 1. The van der Waals surface area contributed by atoms with E-state index in [4.69, 9.17) is 21.1 Å². The van der Waals surface area contributed by atoms with Crippen molar-refractivity contribution in [2.45, 2.75) is 18.9 Å². The van der Waals surface area contributed by atoms with Crippen LogP contribution in [0.2, 0.25) is 5.02 Å². The summed E-state index contributed by atoms with van der Waals surface area (Å²) in [6, 6.07) is 12.3. The molecule has 168 valence electrons. The third kappa shape index (κ3) is 3.79. The summed E-state index contributed by atoms with van der Waals surface area (Å²) >= 11 is 7.22. The molecule has 0 spiro atoms. The number of thiophene rings is 1. The first-order valence-corrected chi connectivity index (χ1v) is 11.4. The Kier molecular flexibility index (Phi) is 5.43. The van der Waals surface area contributed by atoms with Gasteiger partial charge in [-0.15, -0.1) is 11.3 Å². The molecule has 2 N–H and O–H groups in total. The van der Waals surface area contributed by atoms with Crippen molar-refractivity contribution in [1.29, 1.82) is 0 Å². The average molecular weight is 485 g/mol. The van der Waals surface area contributed by atoms with Crippen LogP contribution in [-0.2, 0) is 0 Å². The molecule has 5 rings (SSSR count). The van der Waals surface area contributed by atoms with Crippen LogP contribution in [0.1, 0.15) is 34.2 Å². The summed E-state index contributed by atoms with van der Waals surface area (Å²) in [5.41, 5.74) is -0.313. The molecule has 4 aromatic rings. The predicted molar refractivity (Wildman–Crippen MR) is 125 cm³/mol. The monoisotopic (exact) mass is 484 g/mol. The first-order chi connectivity index (χ1) is 15.9. The normalized spacial score (nSPS) is 15.5. The Hall–Kier alpha value is -3.56. The third-order valence-electron chi connectivity index (χ3n) is 5.42. The van der Waals surface area contributed by atoms with E-state index in [2.05, 4.69) is 4.98 Å². The highest BCUT2D eigenvalue weighted by Crippen LogP contribution is 2.36. The minimum Gasteiger partial charge on any atom is -0.493 e. The van der Waals surface area contributed by atoms with E-state index in [0.717, 1.165) is 40.1 Å². The van der Waals surface area contributed by atoms with Crippen molar-refractivity contribution in [1.82, 2.24) is 9.55 Å². The zero-order chi connectivity index (χ0) is 23.1. The van der Waals surface area contributed by atoms with Crippen molar-refractivity contribution < 1.29 is 19.4 Å². The van der Waals surface area contributed by atoms with Crippen molar-refractivity contribution in [2.24, 2.45) is 0 Å². The molecule has 2 aromatic carbocycles. The molecule has 0 saturated heterocycles. The van der Waals surface area contributed by atoms with E-state index in [0.29, 0.717) is 12.4 Å². The van der Waals surface area contributed by atoms with Crippen LogP contribution in [0.5, 0.6) is 11.5 Å². The SMILES string of the molecule is O=C(O)c1scc2[nH]c(=O)n(-c3cc(OC4CCCOc5ccccc54)ccc3Cl)c(=O)c12. The van der Waals surface area contributed by atoms with Gasteiger partial charge in [0.15, 0.2) is 0 Å². The quantitative estimate of drug-likeness (QED) is 0.444. The molecule has 0 fully saturated rings. The minimum absolute atomic E-state index is 0.0793. The van der Waals surface area contributed by atoms with Gasteiger partial charge >= 0.3 is 11.7 Å². The topological polar surface area (TPSA) is 111 Å². The largest absolute Gasteiger partial charge is 0.493 e. The number of rotatable bonds is 4. The molecule has 0 saturated carbocycles. The van der Waals surface area contributed by atoms with Crippen LogP contribution in [0, 0.1) is 0 Å². The fourth-order valence-corrected chi connectivity index (χ4v) is 4.95. The van der Waals surface area contributed by atoms with E-state index >= 15 is 0 Å². The predicted octanol–water partition coefficient (Wildman–Crippen LogP) is 4.38. The fraction of sp³-hybridized carbons (Fsp3) is 0.174. The zero-order valence-corrected chi connectivity index (χ0v) is 18.6. The van der Waals surface area contributed by atoms with E-state index in [1.54, 1.807) is 6.07 Å². The number of aromatic nitrogens is 2. The number of fused-ring (bicyclic) bond motifs is 2. The van der Waals surface area contributed by atoms with E-state index in [1.807, 2.05) is 24.3 Å². The van der Waals surface area contributed by atoms with Gasteiger partial charge < -0.3 is 19.6 Å². The highest BCUT2D eigenvalue weighted by molar-refractivity contribution is 7.13. The highest BCUT2D eigenvalue weighted by atomic mass is 35.5. The number of hydrogen-bond donors (Lipinski definition) is 2. The number of hydrogen-bond acceptors (Lipinski definition) is 6. The van der Waals surface area contributed by atoms with Crippen LogP contribution >= 0.6 is 22.9 Å². The first kappa shape index (κ1) is 21.3. The number of ether oxygens (including phenoxy) is 2. The van der Waals surface area contributed by atoms with E-state index in [-0.39, 0.29) is 32.6 Å². The molecule has 8 nitrogen and oxygen atoms in total. The lowest BCUT2D eigenvalue weighted by atomic mass is 10.0. The number of carboxylic acids is 1. The van der Waals surface area contributed by atoms with Crippen LogP contribution in [0.15, 0.2) is 57.4 Å². The van der Waals surface area contributed by atoms with Crippen LogP contribution < -0.4 is 20.7 Å². The minimum atomic E-state index is -1.25. The van der Waals surface area contributed by atoms with Gasteiger partial charge in [-0.05, 0) is 31.0 Å². The Morgan fingerprint density at radius 3 is 2.88 bits per heavy atom. The number of halogens is 1. The Bertz CT molecular complexity index is 1510. The molecule has 2 aromatic heterocycles. The second-order valence-corrected chi connectivity index (χ2v) is 8.76. The number of carbonyl (C=O) groups is 1. The van der Waals surface area contributed by atoms with Gasteiger partial charge in [0.25, 0.3) is 5.56 Å². The fourth-order valence-electron chi connectivity index (χ4n) is 3.92. The Labute approximate surface area is 195 Å². The van der Waals surface area contributed by atoms with Gasteiger partial charge in [-0.1, -0.05) is 29.8 Å². The van der Waals surface area contributed by atoms with E-state index in [9.17, 15) is 19.5 Å². The van der Waals surface area contributed by atoms with Crippen LogP contribution in [0.3, 0.4) is 0 Å². The summed E-state index contributed by atoms with van der Waals surface area (Å²) in [6.07, 6.45) is 1.23.